The highest BCUT2D eigenvalue weighted by Crippen LogP contribution is 2.31. The molecule has 0 saturated carbocycles. The fourth-order valence-electron chi connectivity index (χ4n) is 4.35. The van der Waals surface area contributed by atoms with Crippen LogP contribution in [0.5, 0.6) is 5.75 Å². The highest BCUT2D eigenvalue weighted by molar-refractivity contribution is 7.89. The minimum Gasteiger partial charge on any atom is -0.492 e. The summed E-state index contributed by atoms with van der Waals surface area (Å²) in [4.78, 5) is 13.5. The summed E-state index contributed by atoms with van der Waals surface area (Å²) >= 11 is 6.23. The van der Waals surface area contributed by atoms with Gasteiger partial charge in [-0.2, -0.15) is 4.31 Å². The van der Waals surface area contributed by atoms with Gasteiger partial charge < -0.3 is 10.1 Å². The second-order valence-corrected chi connectivity index (χ2v) is 10.8. The van der Waals surface area contributed by atoms with Crippen LogP contribution in [0.15, 0.2) is 83.8 Å². The summed E-state index contributed by atoms with van der Waals surface area (Å²) in [6, 6.07) is 23.7. The third-order valence-electron chi connectivity index (χ3n) is 6.15. The van der Waals surface area contributed by atoms with Gasteiger partial charge in [-0.1, -0.05) is 72.3 Å². The summed E-state index contributed by atoms with van der Waals surface area (Å²) in [6.07, 6.45) is 1.22. The van der Waals surface area contributed by atoms with E-state index >= 15 is 0 Å². The van der Waals surface area contributed by atoms with Crippen LogP contribution in [0.25, 0.3) is 0 Å². The zero-order valence-corrected chi connectivity index (χ0v) is 21.1. The topological polar surface area (TPSA) is 75.7 Å². The van der Waals surface area contributed by atoms with Crippen molar-refractivity contribution in [1.82, 2.24) is 9.62 Å². The average Bonchev–Trinajstić information content (AvgIpc) is 2.89. The summed E-state index contributed by atoms with van der Waals surface area (Å²) in [5.74, 6) is -0.171. The SMILES string of the molecule is CCOc1ccc(S(=O)(=O)N2CCC[C@H](C(=O)NC(c3ccccc3)c3ccccc3)C2)cc1Cl. The molecule has 0 aromatic heterocycles. The van der Waals surface area contributed by atoms with Crippen molar-refractivity contribution in [3.05, 3.63) is 95.0 Å². The van der Waals surface area contributed by atoms with Crippen molar-refractivity contribution in [2.24, 2.45) is 5.92 Å². The minimum atomic E-state index is -3.80. The zero-order valence-electron chi connectivity index (χ0n) is 19.6. The molecule has 1 fully saturated rings. The summed E-state index contributed by atoms with van der Waals surface area (Å²) in [6.45, 7) is 2.74. The number of amides is 1. The number of hydrogen-bond acceptors (Lipinski definition) is 4. The molecule has 0 aliphatic carbocycles. The molecule has 0 radical (unpaired) electrons. The predicted octanol–water partition coefficient (Wildman–Crippen LogP) is 5.05. The van der Waals surface area contributed by atoms with E-state index in [0.717, 1.165) is 11.1 Å². The zero-order chi connectivity index (χ0) is 24.8. The van der Waals surface area contributed by atoms with Crippen LogP contribution in [-0.2, 0) is 14.8 Å². The molecule has 184 valence electrons. The molecule has 0 bridgehead atoms. The number of carbonyl (C=O) groups is 1. The van der Waals surface area contributed by atoms with Gasteiger partial charge >= 0.3 is 0 Å². The van der Waals surface area contributed by atoms with Crippen molar-refractivity contribution >= 4 is 27.5 Å². The van der Waals surface area contributed by atoms with Crippen LogP contribution in [0.3, 0.4) is 0 Å². The Balaban J connectivity index is 1.52. The molecule has 1 atom stereocenters. The maximum atomic E-state index is 13.4. The Kier molecular flexibility index (Phi) is 8.11. The number of hydrogen-bond donors (Lipinski definition) is 1. The number of ether oxygens (including phenoxy) is 1. The fourth-order valence-corrected chi connectivity index (χ4v) is 6.20. The van der Waals surface area contributed by atoms with Crippen molar-refractivity contribution in [3.63, 3.8) is 0 Å². The molecule has 1 amide bonds. The van der Waals surface area contributed by atoms with Crippen molar-refractivity contribution in [1.29, 1.82) is 0 Å². The molecule has 1 N–H and O–H groups in total. The van der Waals surface area contributed by atoms with Crippen LogP contribution >= 0.6 is 11.6 Å². The first kappa shape index (κ1) is 25.2. The van der Waals surface area contributed by atoms with Gasteiger partial charge in [-0.05, 0) is 49.1 Å². The Morgan fingerprint density at radius 1 is 1.06 bits per heavy atom. The van der Waals surface area contributed by atoms with Gasteiger partial charge in [0.05, 0.1) is 28.5 Å². The molecule has 0 unspecified atom stereocenters. The monoisotopic (exact) mass is 512 g/mol. The maximum absolute atomic E-state index is 13.4. The first-order valence-corrected chi connectivity index (χ1v) is 13.5. The van der Waals surface area contributed by atoms with E-state index in [1.54, 1.807) is 6.07 Å². The molecule has 8 heteroatoms. The molecule has 1 heterocycles. The van der Waals surface area contributed by atoms with Gasteiger partial charge in [-0.15, -0.1) is 0 Å². The maximum Gasteiger partial charge on any atom is 0.243 e. The molecule has 35 heavy (non-hydrogen) atoms. The van der Waals surface area contributed by atoms with Gasteiger partial charge in [0, 0.05) is 13.1 Å². The first-order chi connectivity index (χ1) is 16.9. The van der Waals surface area contributed by atoms with Gasteiger partial charge in [-0.3, -0.25) is 4.79 Å². The van der Waals surface area contributed by atoms with Gasteiger partial charge in [0.15, 0.2) is 0 Å². The van der Waals surface area contributed by atoms with E-state index in [-0.39, 0.29) is 28.4 Å². The third-order valence-corrected chi connectivity index (χ3v) is 8.30. The lowest BCUT2D eigenvalue weighted by atomic mass is 9.95. The van der Waals surface area contributed by atoms with E-state index in [0.29, 0.717) is 31.7 Å². The molecule has 3 aromatic carbocycles. The van der Waals surface area contributed by atoms with Crippen LogP contribution in [-0.4, -0.2) is 38.3 Å². The lowest BCUT2D eigenvalue weighted by molar-refractivity contribution is -0.126. The number of benzene rings is 3. The van der Waals surface area contributed by atoms with E-state index in [2.05, 4.69) is 5.32 Å². The molecule has 0 spiro atoms. The van der Waals surface area contributed by atoms with E-state index in [4.69, 9.17) is 16.3 Å². The van der Waals surface area contributed by atoms with Crippen LogP contribution < -0.4 is 10.1 Å². The Bertz CT molecular complexity index is 1210. The summed E-state index contributed by atoms with van der Waals surface area (Å²) in [7, 11) is -3.80. The van der Waals surface area contributed by atoms with E-state index in [1.165, 1.54) is 16.4 Å². The van der Waals surface area contributed by atoms with Gasteiger partial charge in [0.2, 0.25) is 15.9 Å². The minimum absolute atomic E-state index is 0.0958. The fraction of sp³-hybridized carbons (Fsp3) is 0.296. The van der Waals surface area contributed by atoms with Crippen LogP contribution in [0, 0.1) is 5.92 Å². The molecular formula is C27H29ClN2O4S. The van der Waals surface area contributed by atoms with E-state index in [1.807, 2.05) is 67.6 Å². The predicted molar refractivity (Wildman–Crippen MR) is 137 cm³/mol. The van der Waals surface area contributed by atoms with Gasteiger partial charge in [0.1, 0.15) is 5.75 Å². The highest BCUT2D eigenvalue weighted by atomic mass is 35.5. The number of nitrogens with one attached hydrogen (secondary N) is 1. The smallest absolute Gasteiger partial charge is 0.243 e. The van der Waals surface area contributed by atoms with Crippen molar-refractivity contribution < 1.29 is 17.9 Å². The number of halogens is 1. The van der Waals surface area contributed by atoms with Crippen LogP contribution in [0.2, 0.25) is 5.02 Å². The quantitative estimate of drug-likeness (QED) is 0.458. The summed E-state index contributed by atoms with van der Waals surface area (Å²) < 4.78 is 33.5. The van der Waals surface area contributed by atoms with Gasteiger partial charge in [0.25, 0.3) is 0 Å². The lowest BCUT2D eigenvalue weighted by Gasteiger charge is -2.32. The first-order valence-electron chi connectivity index (χ1n) is 11.7. The standard InChI is InChI=1S/C27H29ClN2O4S/c1-2-34-25-16-15-23(18-24(25)28)35(32,33)30-17-9-14-22(19-30)27(31)29-26(20-10-5-3-6-11-20)21-12-7-4-8-13-21/h3-8,10-13,15-16,18,22,26H,2,9,14,17,19H2,1H3,(H,29,31)/t22-/m0/s1. The summed E-state index contributed by atoms with van der Waals surface area (Å²) in [5, 5.41) is 3.41. The normalized spacial score (nSPS) is 16.7. The molecule has 6 nitrogen and oxygen atoms in total. The van der Waals surface area contributed by atoms with Crippen molar-refractivity contribution in [2.45, 2.75) is 30.7 Å². The van der Waals surface area contributed by atoms with Crippen molar-refractivity contribution in [3.8, 4) is 5.75 Å². The molecule has 1 aliphatic rings. The molecule has 4 rings (SSSR count). The van der Waals surface area contributed by atoms with Crippen molar-refractivity contribution in [2.75, 3.05) is 19.7 Å². The molecule has 3 aromatic rings. The molecule has 1 saturated heterocycles. The largest absolute Gasteiger partial charge is 0.492 e. The second kappa shape index (κ2) is 11.2. The molecule has 1 aliphatic heterocycles. The number of sulfonamides is 1. The highest BCUT2D eigenvalue weighted by Gasteiger charge is 2.34. The molecular weight excluding hydrogens is 484 g/mol. The number of carbonyl (C=O) groups excluding carboxylic acids is 1. The number of rotatable bonds is 8. The number of nitrogens with zero attached hydrogens (tertiary/aromatic N) is 1. The van der Waals surface area contributed by atoms with E-state index in [9.17, 15) is 13.2 Å². The second-order valence-electron chi connectivity index (χ2n) is 8.49. The lowest BCUT2D eigenvalue weighted by Crippen LogP contribution is -2.46. The third kappa shape index (κ3) is 5.86. The average molecular weight is 513 g/mol. The Morgan fingerprint density at radius 3 is 2.26 bits per heavy atom. The van der Waals surface area contributed by atoms with Crippen LogP contribution in [0.1, 0.15) is 36.9 Å². The van der Waals surface area contributed by atoms with Gasteiger partial charge in [-0.25, -0.2) is 8.42 Å². The van der Waals surface area contributed by atoms with Crippen LogP contribution in [0.4, 0.5) is 0 Å². The van der Waals surface area contributed by atoms with E-state index < -0.39 is 15.9 Å². The Hall–Kier alpha value is -2.87. The Labute approximate surface area is 211 Å². The Morgan fingerprint density at radius 2 is 1.69 bits per heavy atom. The number of piperidine rings is 1. The summed E-state index contributed by atoms with van der Waals surface area (Å²) in [5.41, 5.74) is 1.94.